The fourth-order valence-corrected chi connectivity index (χ4v) is 0.987. The minimum Gasteiger partial charge on any atom is -0.377 e. The Bertz CT molecular complexity index is 324. The minimum atomic E-state index is -0.293. The maximum Gasteiger partial charge on any atom is 0.273 e. The fourth-order valence-electron chi connectivity index (χ4n) is 0.987. The standard InChI is InChI=1S/C9H15N3O3/c1-6(4-10)11-9(13)8-3-7(5-14-2)15-12-8/h3,6H,4-5,10H2,1-2H3,(H,11,13)/t6-/m0/s1. The summed E-state index contributed by atoms with van der Waals surface area (Å²) >= 11 is 0. The Hall–Kier alpha value is -1.40. The van der Waals surface area contributed by atoms with Gasteiger partial charge >= 0.3 is 0 Å². The minimum absolute atomic E-state index is 0.0833. The highest BCUT2D eigenvalue weighted by atomic mass is 16.5. The van der Waals surface area contributed by atoms with Gasteiger partial charge in [0.2, 0.25) is 0 Å². The van der Waals surface area contributed by atoms with Crippen molar-refractivity contribution in [2.45, 2.75) is 19.6 Å². The van der Waals surface area contributed by atoms with Crippen molar-refractivity contribution in [1.82, 2.24) is 10.5 Å². The number of ether oxygens (including phenoxy) is 1. The van der Waals surface area contributed by atoms with Gasteiger partial charge in [-0.1, -0.05) is 5.16 Å². The normalized spacial score (nSPS) is 12.5. The zero-order valence-electron chi connectivity index (χ0n) is 8.82. The molecule has 1 rings (SSSR count). The van der Waals surface area contributed by atoms with Crippen LogP contribution in [0, 0.1) is 0 Å². The van der Waals surface area contributed by atoms with Gasteiger partial charge in [0.05, 0.1) is 0 Å². The maximum absolute atomic E-state index is 11.5. The second-order valence-corrected chi connectivity index (χ2v) is 3.22. The van der Waals surface area contributed by atoms with Crippen LogP contribution in [0.2, 0.25) is 0 Å². The van der Waals surface area contributed by atoms with Crippen LogP contribution in [0.3, 0.4) is 0 Å². The number of amides is 1. The third-order valence-corrected chi connectivity index (χ3v) is 1.81. The molecule has 84 valence electrons. The average molecular weight is 213 g/mol. The Balaban J connectivity index is 2.58. The van der Waals surface area contributed by atoms with Crippen molar-refractivity contribution in [2.24, 2.45) is 5.73 Å². The summed E-state index contributed by atoms with van der Waals surface area (Å²) in [5.41, 5.74) is 5.61. The Morgan fingerprint density at radius 2 is 2.53 bits per heavy atom. The molecule has 1 aromatic heterocycles. The Morgan fingerprint density at radius 3 is 3.13 bits per heavy atom. The van der Waals surface area contributed by atoms with E-state index in [-0.39, 0.29) is 17.6 Å². The molecule has 1 heterocycles. The summed E-state index contributed by atoms with van der Waals surface area (Å²) in [6.45, 7) is 2.50. The van der Waals surface area contributed by atoms with Crippen molar-refractivity contribution in [3.05, 3.63) is 17.5 Å². The van der Waals surface area contributed by atoms with Crippen molar-refractivity contribution in [1.29, 1.82) is 0 Å². The van der Waals surface area contributed by atoms with E-state index < -0.39 is 0 Å². The molecule has 0 bridgehead atoms. The van der Waals surface area contributed by atoms with E-state index in [4.69, 9.17) is 15.0 Å². The molecule has 6 nitrogen and oxygen atoms in total. The monoisotopic (exact) mass is 213 g/mol. The lowest BCUT2D eigenvalue weighted by atomic mass is 10.3. The summed E-state index contributed by atoms with van der Waals surface area (Å²) in [5, 5.41) is 6.29. The number of nitrogens with two attached hydrogens (primary N) is 1. The van der Waals surface area contributed by atoms with Gasteiger partial charge < -0.3 is 20.3 Å². The predicted octanol–water partition coefficient (Wildman–Crippen LogP) is -0.102. The molecule has 0 saturated carbocycles. The number of hydrogen-bond donors (Lipinski definition) is 2. The van der Waals surface area contributed by atoms with Crippen molar-refractivity contribution in [3.8, 4) is 0 Å². The van der Waals surface area contributed by atoms with Gasteiger partial charge in [-0.15, -0.1) is 0 Å². The van der Waals surface area contributed by atoms with E-state index in [0.717, 1.165) is 0 Å². The van der Waals surface area contributed by atoms with E-state index in [9.17, 15) is 4.79 Å². The van der Waals surface area contributed by atoms with Gasteiger partial charge in [0.1, 0.15) is 6.61 Å². The summed E-state index contributed by atoms with van der Waals surface area (Å²) < 4.78 is 9.71. The van der Waals surface area contributed by atoms with Crippen LogP contribution < -0.4 is 11.1 Å². The van der Waals surface area contributed by atoms with E-state index in [0.29, 0.717) is 18.9 Å². The summed E-state index contributed by atoms with van der Waals surface area (Å²) in [6.07, 6.45) is 0. The topological polar surface area (TPSA) is 90.4 Å². The SMILES string of the molecule is COCc1cc(C(=O)N[C@@H](C)CN)no1. The first kappa shape index (κ1) is 11.7. The lowest BCUT2D eigenvalue weighted by Crippen LogP contribution is -2.37. The fraction of sp³-hybridized carbons (Fsp3) is 0.556. The average Bonchev–Trinajstić information content (AvgIpc) is 2.67. The number of methoxy groups -OCH3 is 1. The lowest BCUT2D eigenvalue weighted by Gasteiger charge is -2.08. The molecule has 15 heavy (non-hydrogen) atoms. The van der Waals surface area contributed by atoms with Crippen LogP contribution in [-0.4, -0.2) is 30.8 Å². The highest BCUT2D eigenvalue weighted by Crippen LogP contribution is 2.04. The number of carbonyl (C=O) groups is 1. The van der Waals surface area contributed by atoms with Gasteiger partial charge in [-0.3, -0.25) is 4.79 Å². The predicted molar refractivity (Wildman–Crippen MR) is 53.2 cm³/mol. The van der Waals surface area contributed by atoms with Gasteiger partial charge in [0.25, 0.3) is 5.91 Å². The quantitative estimate of drug-likeness (QED) is 0.712. The zero-order chi connectivity index (χ0) is 11.3. The number of hydrogen-bond acceptors (Lipinski definition) is 5. The number of nitrogens with one attached hydrogen (secondary N) is 1. The molecule has 1 amide bonds. The first-order valence-electron chi connectivity index (χ1n) is 4.62. The van der Waals surface area contributed by atoms with Crippen molar-refractivity contribution in [2.75, 3.05) is 13.7 Å². The van der Waals surface area contributed by atoms with E-state index in [2.05, 4.69) is 10.5 Å². The van der Waals surface area contributed by atoms with Crippen LogP contribution in [0.4, 0.5) is 0 Å². The zero-order valence-corrected chi connectivity index (χ0v) is 8.82. The first-order chi connectivity index (χ1) is 7.17. The first-order valence-corrected chi connectivity index (χ1v) is 4.62. The van der Waals surface area contributed by atoms with Crippen LogP contribution in [0.25, 0.3) is 0 Å². The molecule has 0 aliphatic heterocycles. The second kappa shape index (κ2) is 5.47. The largest absolute Gasteiger partial charge is 0.377 e. The van der Waals surface area contributed by atoms with Gasteiger partial charge in [-0.05, 0) is 6.92 Å². The lowest BCUT2D eigenvalue weighted by molar-refractivity contribution is 0.0931. The number of nitrogens with zero attached hydrogens (tertiary/aromatic N) is 1. The molecule has 1 atom stereocenters. The van der Waals surface area contributed by atoms with Crippen LogP contribution >= 0.6 is 0 Å². The third-order valence-electron chi connectivity index (χ3n) is 1.81. The van der Waals surface area contributed by atoms with Crippen LogP contribution in [-0.2, 0) is 11.3 Å². The van der Waals surface area contributed by atoms with Crippen molar-refractivity contribution >= 4 is 5.91 Å². The smallest absolute Gasteiger partial charge is 0.273 e. The maximum atomic E-state index is 11.5. The molecule has 0 aliphatic carbocycles. The molecule has 3 N–H and O–H groups in total. The van der Waals surface area contributed by atoms with E-state index in [1.165, 1.54) is 0 Å². The number of carbonyl (C=O) groups excluding carboxylic acids is 1. The number of aromatic nitrogens is 1. The highest BCUT2D eigenvalue weighted by Gasteiger charge is 2.13. The molecule has 0 radical (unpaired) electrons. The van der Waals surface area contributed by atoms with E-state index in [1.807, 2.05) is 6.92 Å². The van der Waals surface area contributed by atoms with Crippen LogP contribution in [0.1, 0.15) is 23.2 Å². The Kier molecular flexibility index (Phi) is 4.26. The van der Waals surface area contributed by atoms with E-state index in [1.54, 1.807) is 13.2 Å². The molecule has 6 heteroatoms. The Labute approximate surface area is 87.8 Å². The van der Waals surface area contributed by atoms with Gasteiger partial charge in [-0.25, -0.2) is 0 Å². The number of rotatable bonds is 5. The Morgan fingerprint density at radius 1 is 1.80 bits per heavy atom. The molecule has 0 spiro atoms. The molecule has 0 saturated heterocycles. The summed E-state index contributed by atoms with van der Waals surface area (Å²) in [4.78, 5) is 11.5. The second-order valence-electron chi connectivity index (χ2n) is 3.22. The van der Waals surface area contributed by atoms with Gasteiger partial charge in [0, 0.05) is 25.8 Å². The molecular formula is C9H15N3O3. The van der Waals surface area contributed by atoms with Crippen molar-refractivity contribution < 1.29 is 14.1 Å². The van der Waals surface area contributed by atoms with Gasteiger partial charge in [0.15, 0.2) is 11.5 Å². The summed E-state index contributed by atoms with van der Waals surface area (Å²) in [7, 11) is 1.54. The molecule has 0 aromatic carbocycles. The van der Waals surface area contributed by atoms with Crippen molar-refractivity contribution in [3.63, 3.8) is 0 Å². The summed E-state index contributed by atoms with van der Waals surface area (Å²) in [5.74, 6) is 0.224. The van der Waals surface area contributed by atoms with Crippen LogP contribution in [0.5, 0.6) is 0 Å². The molecule has 0 unspecified atom stereocenters. The molecule has 0 aliphatic rings. The molecular weight excluding hydrogens is 198 g/mol. The highest BCUT2D eigenvalue weighted by molar-refractivity contribution is 5.92. The molecule has 0 fully saturated rings. The van der Waals surface area contributed by atoms with Gasteiger partial charge in [-0.2, -0.15) is 0 Å². The molecule has 1 aromatic rings. The third kappa shape index (κ3) is 3.34. The van der Waals surface area contributed by atoms with E-state index >= 15 is 0 Å². The summed E-state index contributed by atoms with van der Waals surface area (Å²) in [6, 6.07) is 1.46. The van der Waals surface area contributed by atoms with Crippen LogP contribution in [0.15, 0.2) is 10.6 Å².